The van der Waals surface area contributed by atoms with Crippen LogP contribution in [0.4, 0.5) is 10.3 Å². The van der Waals surface area contributed by atoms with Crippen LogP contribution in [0.25, 0.3) is 11.4 Å². The van der Waals surface area contributed by atoms with Crippen molar-refractivity contribution in [2.75, 3.05) is 24.7 Å². The molecule has 0 saturated carbocycles. The summed E-state index contributed by atoms with van der Waals surface area (Å²) in [5, 5.41) is 23.9. The minimum atomic E-state index is -1.45. The van der Waals surface area contributed by atoms with Gasteiger partial charge >= 0.3 is 17.1 Å². The van der Waals surface area contributed by atoms with E-state index in [1.807, 2.05) is 10.8 Å². The number of nitrogen functional groups attached to an aromatic ring is 2. The monoisotopic (exact) mass is 411 g/mol. The number of carboxylic acids is 2. The predicted octanol–water partition coefficient (Wildman–Crippen LogP) is -2.89. The zero-order valence-electron chi connectivity index (χ0n) is 11.3. The van der Waals surface area contributed by atoms with Crippen molar-refractivity contribution in [3.63, 3.8) is 0 Å². The molecule has 2 heterocycles. The fraction of sp³-hybridized carbons (Fsp3) is 0.200. The number of anilines is 2. The molecule has 23 heavy (non-hydrogen) atoms. The molecule has 0 aliphatic rings. The molecule has 2 rings (SSSR count). The van der Waals surface area contributed by atoms with E-state index in [1.54, 1.807) is 0 Å². The largest absolute Gasteiger partial charge is 2.00 e. The van der Waals surface area contributed by atoms with Crippen molar-refractivity contribution in [2.45, 2.75) is 0 Å². The third-order valence-corrected chi connectivity index (χ3v) is 3.09. The zero-order valence-corrected chi connectivity index (χ0v) is 13.9. The summed E-state index contributed by atoms with van der Waals surface area (Å²) in [6.45, 7) is -1.43. The molecular weight excluding hydrogens is 400 g/mol. The molecule has 0 unspecified atom stereocenters. The second kappa shape index (κ2) is 11.8. The number of aromatic nitrogens is 2. The van der Waals surface area contributed by atoms with Gasteiger partial charge in [0.05, 0.1) is 25.2 Å². The summed E-state index contributed by atoms with van der Waals surface area (Å²) < 4.78 is 4.03. The third-order valence-electron chi connectivity index (χ3n) is 1.75. The van der Waals surface area contributed by atoms with E-state index >= 15 is 0 Å². The number of nitrogens with zero attached hydrogens (tertiary/aromatic N) is 2. The standard InChI is InChI=1S/C6H6N4S2.C4H6O5.Cu.H2O/c7-5-9-3(1-11-5)4-2-12-6(8)10-4;5-3(6)1-9-2-4(7)8;;/h1-2H,(H2,7,9)(H2,8,10);1-2H2,(H,5,6)(H,7,8);;1H2/q;;+2;/p-2. The van der Waals surface area contributed by atoms with Crippen LogP contribution in [0.5, 0.6) is 0 Å². The van der Waals surface area contributed by atoms with Gasteiger partial charge in [-0.15, -0.1) is 22.7 Å². The number of carbonyl (C=O) groups excluding carboxylic acids is 2. The number of thiazole rings is 2. The summed E-state index contributed by atoms with van der Waals surface area (Å²) in [5.41, 5.74) is 12.5. The van der Waals surface area contributed by atoms with Gasteiger partial charge in [-0.05, 0) is 0 Å². The SMILES string of the molecule is Nc1nc(-c2csc(N)n2)cs1.O.O=C([O-])COCC(=O)[O-].[Cu+2]. The van der Waals surface area contributed by atoms with Crippen molar-refractivity contribution in [2.24, 2.45) is 0 Å². The summed E-state index contributed by atoms with van der Waals surface area (Å²) in [5.74, 6) is -2.90. The average Bonchev–Trinajstić information content (AvgIpc) is 2.98. The zero-order chi connectivity index (χ0) is 15.8. The maximum atomic E-state index is 9.53. The van der Waals surface area contributed by atoms with E-state index < -0.39 is 25.2 Å². The molecule has 0 bridgehead atoms. The Morgan fingerprint density at radius 2 is 1.35 bits per heavy atom. The van der Waals surface area contributed by atoms with Crippen LogP contribution in [0.3, 0.4) is 0 Å². The quantitative estimate of drug-likeness (QED) is 0.484. The van der Waals surface area contributed by atoms with Crippen LogP contribution in [0.15, 0.2) is 10.8 Å². The molecule has 0 aliphatic carbocycles. The first-order chi connectivity index (χ1) is 9.88. The molecule has 0 spiro atoms. The first-order valence-electron chi connectivity index (χ1n) is 5.28. The van der Waals surface area contributed by atoms with Gasteiger partial charge in [0.2, 0.25) is 0 Å². The number of hydrogen-bond acceptors (Lipinski definition) is 11. The van der Waals surface area contributed by atoms with Gasteiger partial charge < -0.3 is 41.5 Å². The summed E-state index contributed by atoms with van der Waals surface area (Å²) >= 11 is 2.80. The minimum absolute atomic E-state index is 0. The van der Waals surface area contributed by atoms with Gasteiger partial charge in [-0.25, -0.2) is 9.97 Å². The molecule has 0 aromatic carbocycles. The van der Waals surface area contributed by atoms with Gasteiger partial charge in [0.1, 0.15) is 11.4 Å². The molecule has 0 amide bonds. The van der Waals surface area contributed by atoms with Gasteiger partial charge in [-0.3, -0.25) is 0 Å². The Hall–Kier alpha value is -1.76. The molecule has 10 nitrogen and oxygen atoms in total. The normalized spacial score (nSPS) is 8.87. The summed E-state index contributed by atoms with van der Waals surface area (Å²) in [6, 6.07) is 0. The van der Waals surface area contributed by atoms with Gasteiger partial charge in [-0.1, -0.05) is 0 Å². The van der Waals surface area contributed by atoms with Crippen LogP contribution in [-0.4, -0.2) is 40.6 Å². The maximum absolute atomic E-state index is 9.53. The van der Waals surface area contributed by atoms with E-state index in [1.165, 1.54) is 22.7 Å². The first kappa shape index (κ1) is 23.5. The number of rotatable bonds is 5. The predicted molar refractivity (Wildman–Crippen MR) is 76.5 cm³/mol. The molecule has 0 aliphatic heterocycles. The Bertz CT molecular complexity index is 568. The van der Waals surface area contributed by atoms with Crippen LogP contribution in [-0.2, 0) is 31.4 Å². The van der Waals surface area contributed by atoms with E-state index in [0.717, 1.165) is 11.4 Å². The van der Waals surface area contributed by atoms with Crippen molar-refractivity contribution >= 4 is 44.9 Å². The molecule has 2 aromatic rings. The van der Waals surface area contributed by atoms with Crippen molar-refractivity contribution in [1.82, 2.24) is 9.97 Å². The molecule has 6 N–H and O–H groups in total. The molecule has 0 saturated heterocycles. The fourth-order valence-corrected chi connectivity index (χ4v) is 2.14. The third kappa shape index (κ3) is 9.78. The van der Waals surface area contributed by atoms with Gasteiger partial charge in [-0.2, -0.15) is 0 Å². The van der Waals surface area contributed by atoms with Crippen molar-refractivity contribution < 1.29 is 47.1 Å². The van der Waals surface area contributed by atoms with E-state index in [9.17, 15) is 19.8 Å². The van der Waals surface area contributed by atoms with Crippen LogP contribution in [0, 0.1) is 0 Å². The van der Waals surface area contributed by atoms with E-state index in [-0.39, 0.29) is 22.5 Å². The van der Waals surface area contributed by atoms with Crippen LogP contribution in [0.2, 0.25) is 0 Å². The minimum Gasteiger partial charge on any atom is -0.548 e. The first-order valence-corrected chi connectivity index (χ1v) is 7.04. The number of carboxylic acid groups (broad SMARTS) is 2. The van der Waals surface area contributed by atoms with E-state index in [4.69, 9.17) is 11.5 Å². The molecule has 0 fully saturated rings. The molecule has 131 valence electrons. The van der Waals surface area contributed by atoms with Crippen molar-refractivity contribution in [1.29, 1.82) is 0 Å². The fourth-order valence-electron chi connectivity index (χ4n) is 1.03. The summed E-state index contributed by atoms with van der Waals surface area (Å²) in [4.78, 5) is 27.2. The van der Waals surface area contributed by atoms with E-state index in [0.29, 0.717) is 10.3 Å². The number of nitrogens with two attached hydrogens (primary N) is 2. The van der Waals surface area contributed by atoms with Crippen molar-refractivity contribution in [3.05, 3.63) is 10.8 Å². The second-order valence-electron chi connectivity index (χ2n) is 3.38. The van der Waals surface area contributed by atoms with Crippen molar-refractivity contribution in [3.8, 4) is 11.4 Å². The number of aliphatic carboxylic acids is 2. The Kier molecular flexibility index (Phi) is 12.0. The van der Waals surface area contributed by atoms with Gasteiger partial charge in [0.15, 0.2) is 10.3 Å². The molecule has 0 atom stereocenters. The molecular formula is C10H12CuN4O6S2. The Balaban J connectivity index is 0. The number of hydrogen-bond donors (Lipinski definition) is 2. The van der Waals surface area contributed by atoms with Gasteiger partial charge in [0, 0.05) is 10.8 Å². The number of carbonyl (C=O) groups is 2. The topological polar surface area (TPSA) is 199 Å². The Morgan fingerprint density at radius 1 is 1.00 bits per heavy atom. The van der Waals surface area contributed by atoms with Crippen LogP contribution < -0.4 is 21.7 Å². The van der Waals surface area contributed by atoms with Crippen LogP contribution in [0.1, 0.15) is 0 Å². The smallest absolute Gasteiger partial charge is 0.548 e. The second-order valence-corrected chi connectivity index (χ2v) is 5.16. The molecule has 1 radical (unpaired) electrons. The van der Waals surface area contributed by atoms with Gasteiger partial charge in [0.25, 0.3) is 0 Å². The summed E-state index contributed by atoms with van der Waals surface area (Å²) in [6.07, 6.45) is 0. The summed E-state index contributed by atoms with van der Waals surface area (Å²) in [7, 11) is 0. The Labute approximate surface area is 148 Å². The number of ether oxygens (including phenoxy) is 1. The maximum Gasteiger partial charge on any atom is 2.00 e. The molecule has 2 aromatic heterocycles. The molecule has 13 heteroatoms. The van der Waals surface area contributed by atoms with Crippen LogP contribution >= 0.6 is 22.7 Å². The Morgan fingerprint density at radius 3 is 1.57 bits per heavy atom. The van der Waals surface area contributed by atoms with E-state index in [2.05, 4.69) is 14.7 Å². The average molecular weight is 412 g/mol.